The molecule has 0 aliphatic carbocycles. The first-order chi connectivity index (χ1) is 12.4. The maximum Gasteiger partial charge on any atom is 0.349 e. The van der Waals surface area contributed by atoms with Gasteiger partial charge in [0.15, 0.2) is 6.61 Å². The van der Waals surface area contributed by atoms with Crippen LogP contribution in [0, 0.1) is 32.1 Å². The molecule has 0 bridgehead atoms. The van der Waals surface area contributed by atoms with Crippen LogP contribution in [0.3, 0.4) is 0 Å². The third kappa shape index (κ3) is 5.05. The number of nitriles is 1. The highest BCUT2D eigenvalue weighted by Gasteiger charge is 2.14. The van der Waals surface area contributed by atoms with Gasteiger partial charge < -0.3 is 10.1 Å². The Kier molecular flexibility index (Phi) is 6.29. The van der Waals surface area contributed by atoms with Crippen molar-refractivity contribution in [3.63, 3.8) is 0 Å². The highest BCUT2D eigenvalue weighted by Crippen LogP contribution is 2.21. The Morgan fingerprint density at radius 1 is 1.12 bits per heavy atom. The molecule has 0 radical (unpaired) electrons. The number of nitrogens with zero attached hydrogens (tertiary/aromatic N) is 1. The van der Waals surface area contributed by atoms with Crippen molar-refractivity contribution in [3.05, 3.63) is 70.3 Å². The Morgan fingerprint density at radius 2 is 1.73 bits per heavy atom. The number of carbonyl (C=O) groups is 2. The molecular formula is C21H20N2O3. The molecule has 0 fully saturated rings. The molecule has 1 N–H and O–H groups in total. The van der Waals surface area contributed by atoms with Gasteiger partial charge in [0.2, 0.25) is 0 Å². The molecule has 5 nitrogen and oxygen atoms in total. The normalized spacial score (nSPS) is 10.8. The van der Waals surface area contributed by atoms with Crippen molar-refractivity contribution in [3.8, 4) is 6.07 Å². The van der Waals surface area contributed by atoms with Crippen LogP contribution in [0.15, 0.2) is 48.0 Å². The van der Waals surface area contributed by atoms with E-state index in [-0.39, 0.29) is 5.57 Å². The van der Waals surface area contributed by atoms with Gasteiger partial charge in [-0.2, -0.15) is 5.26 Å². The fraction of sp³-hybridized carbons (Fsp3) is 0.190. The summed E-state index contributed by atoms with van der Waals surface area (Å²) in [6.07, 6.45) is 1.43. The van der Waals surface area contributed by atoms with E-state index < -0.39 is 18.5 Å². The second kappa shape index (κ2) is 8.63. The lowest BCUT2D eigenvalue weighted by Gasteiger charge is -2.13. The maximum atomic E-state index is 12.1. The van der Waals surface area contributed by atoms with E-state index in [9.17, 15) is 9.59 Å². The average Bonchev–Trinajstić information content (AvgIpc) is 2.61. The number of aryl methyl sites for hydroxylation is 3. The van der Waals surface area contributed by atoms with Crippen LogP contribution in [0.5, 0.6) is 0 Å². The fourth-order valence-corrected chi connectivity index (χ4v) is 2.61. The Bertz CT molecular complexity index is 870. The summed E-state index contributed by atoms with van der Waals surface area (Å²) < 4.78 is 4.96. The molecule has 2 aromatic rings. The lowest BCUT2D eigenvalue weighted by atomic mass is 10.1. The van der Waals surface area contributed by atoms with Gasteiger partial charge in [0.1, 0.15) is 11.6 Å². The Hall–Kier alpha value is -3.39. The zero-order valence-corrected chi connectivity index (χ0v) is 15.0. The first-order valence-electron chi connectivity index (χ1n) is 8.12. The molecule has 0 unspecified atom stereocenters. The molecule has 0 aromatic heterocycles. The van der Waals surface area contributed by atoms with Gasteiger partial charge in [-0.15, -0.1) is 0 Å². The molecule has 0 aliphatic rings. The van der Waals surface area contributed by atoms with Gasteiger partial charge in [-0.25, -0.2) is 4.79 Å². The van der Waals surface area contributed by atoms with Gasteiger partial charge >= 0.3 is 5.97 Å². The number of esters is 1. The summed E-state index contributed by atoms with van der Waals surface area (Å²) in [5.74, 6) is -1.28. The van der Waals surface area contributed by atoms with Crippen LogP contribution >= 0.6 is 0 Å². The summed E-state index contributed by atoms with van der Waals surface area (Å²) in [6.45, 7) is 5.32. The van der Waals surface area contributed by atoms with E-state index in [0.29, 0.717) is 11.3 Å². The van der Waals surface area contributed by atoms with Crippen LogP contribution in [0.1, 0.15) is 22.3 Å². The van der Waals surface area contributed by atoms with E-state index in [1.807, 2.05) is 39.0 Å². The van der Waals surface area contributed by atoms with Crippen molar-refractivity contribution in [1.82, 2.24) is 0 Å². The van der Waals surface area contributed by atoms with Crippen molar-refractivity contribution >= 4 is 23.6 Å². The van der Waals surface area contributed by atoms with Crippen LogP contribution in [-0.2, 0) is 14.3 Å². The number of hydrogen-bond acceptors (Lipinski definition) is 4. The van der Waals surface area contributed by atoms with Crippen molar-refractivity contribution < 1.29 is 14.3 Å². The fourth-order valence-electron chi connectivity index (χ4n) is 2.61. The van der Waals surface area contributed by atoms with Gasteiger partial charge in [0.25, 0.3) is 5.91 Å². The van der Waals surface area contributed by atoms with Gasteiger partial charge in [-0.05, 0) is 43.5 Å². The van der Waals surface area contributed by atoms with Crippen molar-refractivity contribution in [2.75, 3.05) is 11.9 Å². The molecule has 5 heteroatoms. The van der Waals surface area contributed by atoms with Crippen LogP contribution in [-0.4, -0.2) is 18.5 Å². The zero-order chi connectivity index (χ0) is 19.1. The maximum absolute atomic E-state index is 12.1. The minimum Gasteiger partial charge on any atom is -0.451 e. The van der Waals surface area contributed by atoms with E-state index in [2.05, 4.69) is 5.32 Å². The summed E-state index contributed by atoms with van der Waals surface area (Å²) in [6, 6.07) is 14.7. The number of rotatable bonds is 5. The second-order valence-electron chi connectivity index (χ2n) is 5.98. The Balaban J connectivity index is 2.00. The second-order valence-corrected chi connectivity index (χ2v) is 5.98. The molecule has 2 rings (SSSR count). The lowest BCUT2D eigenvalue weighted by molar-refractivity contribution is -0.142. The van der Waals surface area contributed by atoms with Crippen LogP contribution < -0.4 is 5.32 Å². The molecule has 0 spiro atoms. The summed E-state index contributed by atoms with van der Waals surface area (Å²) in [4.78, 5) is 24.1. The standard InChI is InChI=1S/C21H20N2O3/c1-14-9-15(2)20(16(3)10-14)23-19(24)13-26-21(25)18(12-22)11-17-7-5-4-6-8-17/h4-11H,13H2,1-3H3,(H,23,24). The molecule has 2 aromatic carbocycles. The molecule has 0 heterocycles. The molecule has 1 amide bonds. The van der Waals surface area contributed by atoms with E-state index in [1.165, 1.54) is 6.08 Å². The molecule has 0 saturated heterocycles. The summed E-state index contributed by atoms with van der Waals surface area (Å²) in [5.41, 5.74) is 4.22. The number of hydrogen-bond donors (Lipinski definition) is 1. The van der Waals surface area contributed by atoms with Crippen LogP contribution in [0.2, 0.25) is 0 Å². The quantitative estimate of drug-likeness (QED) is 0.508. The van der Waals surface area contributed by atoms with Gasteiger partial charge in [-0.1, -0.05) is 48.0 Å². The number of benzene rings is 2. The van der Waals surface area contributed by atoms with Crippen LogP contribution in [0.25, 0.3) is 6.08 Å². The number of nitrogens with one attached hydrogen (secondary N) is 1. The van der Waals surface area contributed by atoms with Crippen molar-refractivity contribution in [2.24, 2.45) is 0 Å². The third-order valence-electron chi connectivity index (χ3n) is 3.73. The smallest absolute Gasteiger partial charge is 0.349 e. The molecular weight excluding hydrogens is 328 g/mol. The van der Waals surface area contributed by atoms with Gasteiger partial charge in [0.05, 0.1) is 0 Å². The van der Waals surface area contributed by atoms with Gasteiger partial charge in [0, 0.05) is 5.69 Å². The molecule has 132 valence electrons. The lowest BCUT2D eigenvalue weighted by Crippen LogP contribution is -2.22. The van der Waals surface area contributed by atoms with E-state index in [1.54, 1.807) is 30.3 Å². The van der Waals surface area contributed by atoms with Gasteiger partial charge in [-0.3, -0.25) is 4.79 Å². The Morgan fingerprint density at radius 3 is 2.31 bits per heavy atom. The first-order valence-corrected chi connectivity index (χ1v) is 8.12. The number of amides is 1. The number of carbonyl (C=O) groups excluding carboxylic acids is 2. The van der Waals surface area contributed by atoms with E-state index in [4.69, 9.17) is 10.00 Å². The topological polar surface area (TPSA) is 79.2 Å². The van der Waals surface area contributed by atoms with Crippen molar-refractivity contribution in [1.29, 1.82) is 5.26 Å². The van der Waals surface area contributed by atoms with Crippen molar-refractivity contribution in [2.45, 2.75) is 20.8 Å². The molecule has 26 heavy (non-hydrogen) atoms. The highest BCUT2D eigenvalue weighted by atomic mass is 16.5. The minimum atomic E-state index is -0.830. The zero-order valence-electron chi connectivity index (χ0n) is 15.0. The highest BCUT2D eigenvalue weighted by molar-refractivity contribution is 6.00. The summed E-state index contributed by atoms with van der Waals surface area (Å²) in [5, 5.41) is 11.9. The third-order valence-corrected chi connectivity index (χ3v) is 3.73. The largest absolute Gasteiger partial charge is 0.451 e. The monoisotopic (exact) mass is 348 g/mol. The molecule has 0 saturated carbocycles. The predicted octanol–water partition coefficient (Wildman–Crippen LogP) is 3.70. The molecule has 0 aliphatic heterocycles. The first kappa shape index (κ1) is 18.9. The summed E-state index contributed by atoms with van der Waals surface area (Å²) >= 11 is 0. The Labute approximate surface area is 152 Å². The molecule has 0 atom stereocenters. The van der Waals surface area contributed by atoms with E-state index in [0.717, 1.165) is 16.7 Å². The van der Waals surface area contributed by atoms with E-state index >= 15 is 0 Å². The average molecular weight is 348 g/mol. The predicted molar refractivity (Wildman–Crippen MR) is 100 cm³/mol. The minimum absolute atomic E-state index is 0.160. The summed E-state index contributed by atoms with van der Waals surface area (Å²) in [7, 11) is 0. The SMILES string of the molecule is Cc1cc(C)c(NC(=O)COC(=O)C(C#N)=Cc2ccccc2)c(C)c1. The number of ether oxygens (including phenoxy) is 1. The van der Waals surface area contributed by atoms with Crippen LogP contribution in [0.4, 0.5) is 5.69 Å². The number of anilines is 1.